The highest BCUT2D eigenvalue weighted by Gasteiger charge is 2.28. The second-order valence-corrected chi connectivity index (χ2v) is 4.43. The Morgan fingerprint density at radius 2 is 2.00 bits per heavy atom. The van der Waals surface area contributed by atoms with Crippen molar-refractivity contribution in [2.24, 2.45) is 0 Å². The second kappa shape index (κ2) is 6.52. The van der Waals surface area contributed by atoms with Gasteiger partial charge >= 0.3 is 0 Å². The van der Waals surface area contributed by atoms with E-state index in [1.165, 1.54) is 0 Å². The maximum Gasteiger partial charge on any atom is 0.166 e. The lowest BCUT2D eigenvalue weighted by molar-refractivity contribution is -0.137. The first-order valence-corrected chi connectivity index (χ1v) is 5.85. The summed E-state index contributed by atoms with van der Waals surface area (Å²) >= 11 is 0. The summed E-state index contributed by atoms with van der Waals surface area (Å²) in [5.41, 5.74) is -0.124. The topological polar surface area (TPSA) is 46.5 Å². The Morgan fingerprint density at radius 3 is 2.59 bits per heavy atom. The van der Waals surface area contributed by atoms with E-state index < -0.39 is 5.60 Å². The van der Waals surface area contributed by atoms with Crippen molar-refractivity contribution in [2.45, 2.75) is 31.8 Å². The fourth-order valence-corrected chi connectivity index (χ4v) is 1.64. The number of carbonyl (C=O) groups excluding carboxylic acids is 1. The third kappa shape index (κ3) is 4.67. The second-order valence-electron chi connectivity index (χ2n) is 4.43. The van der Waals surface area contributed by atoms with Crippen LogP contribution in [0.15, 0.2) is 30.3 Å². The monoisotopic (exact) mass is 236 g/mol. The minimum Gasteiger partial charge on any atom is -0.384 e. The molecule has 0 amide bonds. The molecule has 17 heavy (non-hydrogen) atoms. The highest BCUT2D eigenvalue weighted by molar-refractivity contribution is 5.86. The van der Waals surface area contributed by atoms with E-state index in [1.54, 1.807) is 14.0 Å². The standard InChI is InChI=1S/C14H20O3/c1-14(16,13(15)9-11-17-2)10-8-12-6-4-3-5-7-12/h3-7,16H,8-11H2,1-2H3. The Bertz CT molecular complexity index is 344. The summed E-state index contributed by atoms with van der Waals surface area (Å²) in [5.74, 6) is -0.157. The minimum atomic E-state index is -1.26. The summed E-state index contributed by atoms with van der Waals surface area (Å²) in [4.78, 5) is 11.7. The van der Waals surface area contributed by atoms with Crippen molar-refractivity contribution in [3.05, 3.63) is 35.9 Å². The molecule has 0 aliphatic heterocycles. The van der Waals surface area contributed by atoms with Crippen LogP contribution in [-0.2, 0) is 16.0 Å². The van der Waals surface area contributed by atoms with Gasteiger partial charge in [0.15, 0.2) is 5.78 Å². The van der Waals surface area contributed by atoms with Crippen molar-refractivity contribution in [3.8, 4) is 0 Å². The fourth-order valence-electron chi connectivity index (χ4n) is 1.64. The molecule has 0 radical (unpaired) electrons. The molecule has 1 aromatic rings. The number of rotatable bonds is 7. The lowest BCUT2D eigenvalue weighted by Crippen LogP contribution is -2.36. The predicted octanol–water partition coefficient (Wildman–Crippen LogP) is 1.98. The van der Waals surface area contributed by atoms with E-state index in [-0.39, 0.29) is 12.2 Å². The Kier molecular flexibility index (Phi) is 5.32. The third-order valence-corrected chi connectivity index (χ3v) is 2.88. The third-order valence-electron chi connectivity index (χ3n) is 2.88. The molecule has 0 heterocycles. The van der Waals surface area contributed by atoms with Gasteiger partial charge in [-0.05, 0) is 25.3 Å². The maximum atomic E-state index is 11.7. The Labute approximate surface area is 102 Å². The summed E-state index contributed by atoms with van der Waals surface area (Å²) in [6.07, 6.45) is 1.41. The zero-order valence-corrected chi connectivity index (χ0v) is 10.5. The molecule has 3 heteroatoms. The lowest BCUT2D eigenvalue weighted by atomic mass is 9.91. The van der Waals surface area contributed by atoms with Crippen molar-refractivity contribution in [1.82, 2.24) is 0 Å². The number of aliphatic hydroxyl groups is 1. The first-order chi connectivity index (χ1) is 8.06. The number of aryl methyl sites for hydroxylation is 1. The van der Waals surface area contributed by atoms with Gasteiger partial charge in [-0.1, -0.05) is 30.3 Å². The molecule has 0 saturated carbocycles. The quantitative estimate of drug-likeness (QED) is 0.787. The first-order valence-electron chi connectivity index (χ1n) is 5.85. The molecule has 3 nitrogen and oxygen atoms in total. The summed E-state index contributed by atoms with van der Waals surface area (Å²) in [7, 11) is 1.55. The summed E-state index contributed by atoms with van der Waals surface area (Å²) in [5, 5.41) is 10.1. The number of Topliss-reactive ketones (excluding diaryl/α,β-unsaturated/α-hetero) is 1. The van der Waals surface area contributed by atoms with Gasteiger partial charge in [0, 0.05) is 13.5 Å². The molecular weight excluding hydrogens is 216 g/mol. The smallest absolute Gasteiger partial charge is 0.166 e. The molecule has 94 valence electrons. The van der Waals surface area contributed by atoms with E-state index in [0.29, 0.717) is 19.4 Å². The minimum absolute atomic E-state index is 0.157. The van der Waals surface area contributed by atoms with E-state index >= 15 is 0 Å². The molecule has 0 fully saturated rings. The number of ketones is 1. The number of benzene rings is 1. The molecule has 0 aliphatic carbocycles. The summed E-state index contributed by atoms with van der Waals surface area (Å²) in [6.45, 7) is 1.94. The molecule has 0 bridgehead atoms. The van der Waals surface area contributed by atoms with Gasteiger partial charge in [0.1, 0.15) is 5.60 Å². The van der Waals surface area contributed by atoms with E-state index in [1.807, 2.05) is 30.3 Å². The number of hydrogen-bond acceptors (Lipinski definition) is 3. The zero-order valence-electron chi connectivity index (χ0n) is 10.5. The van der Waals surface area contributed by atoms with Crippen LogP contribution in [0.1, 0.15) is 25.3 Å². The molecule has 0 saturated heterocycles. The molecule has 1 N–H and O–H groups in total. The van der Waals surface area contributed by atoms with E-state index in [9.17, 15) is 9.90 Å². The van der Waals surface area contributed by atoms with Crippen LogP contribution >= 0.6 is 0 Å². The van der Waals surface area contributed by atoms with Crippen LogP contribution < -0.4 is 0 Å². The Hall–Kier alpha value is -1.19. The fraction of sp³-hybridized carbons (Fsp3) is 0.500. The van der Waals surface area contributed by atoms with Crippen LogP contribution in [0.4, 0.5) is 0 Å². The highest BCUT2D eigenvalue weighted by Crippen LogP contribution is 2.16. The SMILES string of the molecule is COCCC(=O)C(C)(O)CCc1ccccc1. The van der Waals surface area contributed by atoms with Crippen LogP contribution in [-0.4, -0.2) is 30.2 Å². The van der Waals surface area contributed by atoms with Crippen LogP contribution in [0.25, 0.3) is 0 Å². The zero-order chi connectivity index (χ0) is 12.7. The normalized spacial score (nSPS) is 14.3. The average Bonchev–Trinajstić information content (AvgIpc) is 2.35. The van der Waals surface area contributed by atoms with Crippen molar-refractivity contribution in [1.29, 1.82) is 0 Å². The van der Waals surface area contributed by atoms with Crippen LogP contribution in [0, 0.1) is 0 Å². The van der Waals surface area contributed by atoms with Gasteiger partial charge in [-0.25, -0.2) is 0 Å². The van der Waals surface area contributed by atoms with Gasteiger partial charge in [-0.3, -0.25) is 4.79 Å². The largest absolute Gasteiger partial charge is 0.384 e. The molecule has 0 aliphatic rings. The van der Waals surface area contributed by atoms with Gasteiger partial charge < -0.3 is 9.84 Å². The van der Waals surface area contributed by atoms with Crippen LogP contribution in [0.3, 0.4) is 0 Å². The molecule has 1 rings (SSSR count). The van der Waals surface area contributed by atoms with Gasteiger partial charge in [0.25, 0.3) is 0 Å². The predicted molar refractivity (Wildman–Crippen MR) is 66.9 cm³/mol. The van der Waals surface area contributed by atoms with Gasteiger partial charge in [0.05, 0.1) is 6.61 Å². The van der Waals surface area contributed by atoms with Crippen molar-refractivity contribution >= 4 is 5.78 Å². The van der Waals surface area contributed by atoms with Crippen LogP contribution in [0.2, 0.25) is 0 Å². The van der Waals surface area contributed by atoms with E-state index in [2.05, 4.69) is 0 Å². The molecule has 1 atom stereocenters. The Balaban J connectivity index is 2.46. The molecule has 1 unspecified atom stereocenters. The van der Waals surface area contributed by atoms with E-state index in [0.717, 1.165) is 5.56 Å². The average molecular weight is 236 g/mol. The lowest BCUT2D eigenvalue weighted by Gasteiger charge is -2.21. The number of hydrogen-bond donors (Lipinski definition) is 1. The summed E-state index contributed by atoms with van der Waals surface area (Å²) in [6, 6.07) is 9.85. The molecule has 0 aromatic heterocycles. The van der Waals surface area contributed by atoms with Crippen molar-refractivity contribution in [2.75, 3.05) is 13.7 Å². The molecular formula is C14H20O3. The first kappa shape index (κ1) is 13.9. The van der Waals surface area contributed by atoms with Crippen molar-refractivity contribution in [3.63, 3.8) is 0 Å². The number of carbonyl (C=O) groups is 1. The molecule has 1 aromatic carbocycles. The van der Waals surface area contributed by atoms with E-state index in [4.69, 9.17) is 4.74 Å². The van der Waals surface area contributed by atoms with Gasteiger partial charge in [0.2, 0.25) is 0 Å². The number of methoxy groups -OCH3 is 1. The van der Waals surface area contributed by atoms with Gasteiger partial charge in [-0.2, -0.15) is 0 Å². The van der Waals surface area contributed by atoms with Crippen molar-refractivity contribution < 1.29 is 14.6 Å². The van der Waals surface area contributed by atoms with Gasteiger partial charge in [-0.15, -0.1) is 0 Å². The maximum absolute atomic E-state index is 11.7. The highest BCUT2D eigenvalue weighted by atomic mass is 16.5. The Morgan fingerprint density at radius 1 is 1.35 bits per heavy atom. The molecule has 0 spiro atoms. The van der Waals surface area contributed by atoms with Crippen LogP contribution in [0.5, 0.6) is 0 Å². The summed E-state index contributed by atoms with van der Waals surface area (Å²) < 4.78 is 4.84. The number of ether oxygens (including phenoxy) is 1.